The molecule has 5 nitrogen and oxygen atoms in total. The SMILES string of the molecule is C=CC(=O)OCCOC(=O)CO. The van der Waals surface area contributed by atoms with Gasteiger partial charge >= 0.3 is 11.9 Å². The number of hydrogen-bond donors (Lipinski definition) is 1. The van der Waals surface area contributed by atoms with E-state index >= 15 is 0 Å². The molecule has 0 aromatic rings. The fourth-order valence-corrected chi connectivity index (χ4v) is 0.402. The average Bonchev–Trinajstić information content (AvgIpc) is 2.11. The number of rotatable bonds is 5. The molecule has 0 atom stereocenters. The van der Waals surface area contributed by atoms with Crippen molar-refractivity contribution in [3.05, 3.63) is 12.7 Å². The molecule has 0 aliphatic carbocycles. The highest BCUT2D eigenvalue weighted by atomic mass is 16.6. The molecule has 0 heterocycles. The van der Waals surface area contributed by atoms with Crippen LogP contribution in [0.25, 0.3) is 0 Å². The lowest BCUT2D eigenvalue weighted by Crippen LogP contribution is -2.14. The van der Waals surface area contributed by atoms with Gasteiger partial charge in [0.15, 0.2) is 0 Å². The zero-order valence-electron chi connectivity index (χ0n) is 6.49. The van der Waals surface area contributed by atoms with Crippen LogP contribution in [0.5, 0.6) is 0 Å². The van der Waals surface area contributed by atoms with Crippen LogP contribution in [-0.4, -0.2) is 36.9 Å². The maximum atomic E-state index is 10.4. The summed E-state index contributed by atoms with van der Waals surface area (Å²) in [5, 5.41) is 8.19. The van der Waals surface area contributed by atoms with E-state index in [1.54, 1.807) is 0 Å². The maximum Gasteiger partial charge on any atom is 0.331 e. The summed E-state index contributed by atoms with van der Waals surface area (Å²) >= 11 is 0. The van der Waals surface area contributed by atoms with E-state index in [4.69, 9.17) is 5.11 Å². The van der Waals surface area contributed by atoms with Gasteiger partial charge in [0, 0.05) is 6.08 Å². The van der Waals surface area contributed by atoms with Gasteiger partial charge in [0.05, 0.1) is 0 Å². The van der Waals surface area contributed by atoms with Gasteiger partial charge in [-0.15, -0.1) is 0 Å². The molecule has 0 unspecified atom stereocenters. The number of aliphatic hydroxyl groups excluding tert-OH is 1. The fraction of sp³-hybridized carbons (Fsp3) is 0.429. The average molecular weight is 174 g/mol. The largest absolute Gasteiger partial charge is 0.460 e. The van der Waals surface area contributed by atoms with Gasteiger partial charge in [0.2, 0.25) is 0 Å². The highest BCUT2D eigenvalue weighted by molar-refractivity contribution is 5.81. The van der Waals surface area contributed by atoms with Gasteiger partial charge in [-0.3, -0.25) is 0 Å². The summed E-state index contributed by atoms with van der Waals surface area (Å²) < 4.78 is 8.86. The molecule has 0 spiro atoms. The van der Waals surface area contributed by atoms with Gasteiger partial charge in [-0.2, -0.15) is 0 Å². The van der Waals surface area contributed by atoms with Crippen LogP contribution in [0.3, 0.4) is 0 Å². The Bertz CT molecular complexity index is 175. The van der Waals surface area contributed by atoms with Gasteiger partial charge in [0.1, 0.15) is 19.8 Å². The van der Waals surface area contributed by atoms with E-state index in [-0.39, 0.29) is 13.2 Å². The molecule has 0 saturated heterocycles. The van der Waals surface area contributed by atoms with Crippen molar-refractivity contribution in [1.29, 1.82) is 0 Å². The molecule has 0 radical (unpaired) electrons. The summed E-state index contributed by atoms with van der Waals surface area (Å²) in [7, 11) is 0. The molecule has 0 bridgehead atoms. The summed E-state index contributed by atoms with van der Waals surface area (Å²) in [5.41, 5.74) is 0. The van der Waals surface area contributed by atoms with Crippen molar-refractivity contribution in [3.63, 3.8) is 0 Å². The minimum atomic E-state index is -0.746. The number of aliphatic hydroxyl groups is 1. The third-order valence-electron chi connectivity index (χ3n) is 0.886. The first-order valence-corrected chi connectivity index (χ1v) is 3.26. The molecule has 1 N–H and O–H groups in total. The van der Waals surface area contributed by atoms with Crippen molar-refractivity contribution in [2.45, 2.75) is 0 Å². The Morgan fingerprint density at radius 1 is 1.33 bits per heavy atom. The van der Waals surface area contributed by atoms with Crippen molar-refractivity contribution >= 4 is 11.9 Å². The number of carbonyl (C=O) groups is 2. The number of ether oxygens (including phenoxy) is 2. The molecule has 0 saturated carbocycles. The molecule has 5 heteroatoms. The van der Waals surface area contributed by atoms with E-state index in [0.29, 0.717) is 0 Å². The summed E-state index contributed by atoms with van der Waals surface area (Å²) in [6.45, 7) is 2.41. The van der Waals surface area contributed by atoms with Gasteiger partial charge < -0.3 is 14.6 Å². The third-order valence-corrected chi connectivity index (χ3v) is 0.886. The Hall–Kier alpha value is -1.36. The van der Waals surface area contributed by atoms with Crippen LogP contribution in [0.4, 0.5) is 0 Å². The van der Waals surface area contributed by atoms with Crippen molar-refractivity contribution in [2.24, 2.45) is 0 Å². The van der Waals surface area contributed by atoms with Crippen molar-refractivity contribution in [2.75, 3.05) is 19.8 Å². The number of carbonyl (C=O) groups excluding carboxylic acids is 2. The maximum absolute atomic E-state index is 10.4. The lowest BCUT2D eigenvalue weighted by molar-refractivity contribution is -0.151. The Balaban J connectivity index is 3.27. The Kier molecular flexibility index (Phi) is 5.64. The minimum absolute atomic E-state index is 0.0312. The molecule has 0 rings (SSSR count). The van der Waals surface area contributed by atoms with Crippen LogP contribution in [0.15, 0.2) is 12.7 Å². The van der Waals surface area contributed by atoms with Gasteiger partial charge in [-0.1, -0.05) is 6.58 Å². The van der Waals surface area contributed by atoms with Crippen LogP contribution in [0.2, 0.25) is 0 Å². The quantitative estimate of drug-likeness (QED) is 0.337. The van der Waals surface area contributed by atoms with Crippen LogP contribution >= 0.6 is 0 Å². The van der Waals surface area contributed by atoms with E-state index in [1.807, 2.05) is 0 Å². The van der Waals surface area contributed by atoms with Crippen LogP contribution in [0, 0.1) is 0 Å². The third kappa shape index (κ3) is 5.43. The molecule has 0 aromatic carbocycles. The van der Waals surface area contributed by atoms with Gasteiger partial charge in [0.25, 0.3) is 0 Å². The lowest BCUT2D eigenvalue weighted by atomic mass is 10.6. The molecule has 0 aromatic heterocycles. The van der Waals surface area contributed by atoms with Crippen LogP contribution in [0.1, 0.15) is 0 Å². The first-order chi connectivity index (χ1) is 5.70. The molecule has 0 aliphatic heterocycles. The monoisotopic (exact) mass is 174 g/mol. The normalized spacial score (nSPS) is 8.75. The van der Waals surface area contributed by atoms with E-state index in [9.17, 15) is 9.59 Å². The summed E-state index contributed by atoms with van der Waals surface area (Å²) in [5.74, 6) is -1.32. The fourth-order valence-electron chi connectivity index (χ4n) is 0.402. The molecule has 68 valence electrons. The number of esters is 2. The summed E-state index contributed by atoms with van der Waals surface area (Å²) in [4.78, 5) is 20.7. The zero-order valence-corrected chi connectivity index (χ0v) is 6.49. The second kappa shape index (κ2) is 6.36. The molecule has 0 aliphatic rings. The van der Waals surface area contributed by atoms with Gasteiger partial charge in [-0.25, -0.2) is 9.59 Å². The van der Waals surface area contributed by atoms with Crippen molar-refractivity contribution in [1.82, 2.24) is 0 Å². The molecular weight excluding hydrogens is 164 g/mol. The smallest absolute Gasteiger partial charge is 0.331 e. The second-order valence-electron chi connectivity index (χ2n) is 1.75. The highest BCUT2D eigenvalue weighted by Crippen LogP contribution is 1.81. The predicted molar refractivity (Wildman–Crippen MR) is 39.2 cm³/mol. The second-order valence-corrected chi connectivity index (χ2v) is 1.75. The first-order valence-electron chi connectivity index (χ1n) is 3.26. The predicted octanol–water partition coefficient (Wildman–Crippen LogP) is -0.749. The molecule has 0 amide bonds. The van der Waals surface area contributed by atoms with E-state index in [2.05, 4.69) is 16.1 Å². The minimum Gasteiger partial charge on any atom is -0.460 e. The molecular formula is C7H10O5. The first kappa shape index (κ1) is 10.6. The topological polar surface area (TPSA) is 72.8 Å². The van der Waals surface area contributed by atoms with Crippen molar-refractivity contribution in [3.8, 4) is 0 Å². The van der Waals surface area contributed by atoms with E-state index < -0.39 is 18.5 Å². The standard InChI is InChI=1S/C7H10O5/c1-2-6(9)11-3-4-12-7(10)5-8/h2,8H,1,3-5H2. The van der Waals surface area contributed by atoms with Crippen molar-refractivity contribution < 1.29 is 24.2 Å². The van der Waals surface area contributed by atoms with E-state index in [0.717, 1.165) is 6.08 Å². The summed E-state index contributed by atoms with van der Waals surface area (Å²) in [6, 6.07) is 0. The summed E-state index contributed by atoms with van der Waals surface area (Å²) in [6.07, 6.45) is 1.01. The lowest BCUT2D eigenvalue weighted by Gasteiger charge is -2.02. The van der Waals surface area contributed by atoms with Crippen LogP contribution in [-0.2, 0) is 19.1 Å². The Labute approximate surface area is 69.6 Å². The molecule has 12 heavy (non-hydrogen) atoms. The Morgan fingerprint density at radius 3 is 2.42 bits per heavy atom. The molecule has 0 fully saturated rings. The highest BCUT2D eigenvalue weighted by Gasteiger charge is 1.99. The Morgan fingerprint density at radius 2 is 1.92 bits per heavy atom. The number of hydrogen-bond acceptors (Lipinski definition) is 5. The zero-order chi connectivity index (χ0) is 9.40. The van der Waals surface area contributed by atoms with Crippen LogP contribution < -0.4 is 0 Å². The van der Waals surface area contributed by atoms with E-state index in [1.165, 1.54) is 0 Å². The van der Waals surface area contributed by atoms with Gasteiger partial charge in [-0.05, 0) is 0 Å².